The van der Waals surface area contributed by atoms with Gasteiger partial charge in [-0.2, -0.15) is 0 Å². The van der Waals surface area contributed by atoms with E-state index in [-0.39, 0.29) is 24.6 Å². The van der Waals surface area contributed by atoms with Crippen LogP contribution in [0, 0.1) is 11.7 Å². The Morgan fingerprint density at radius 3 is 2.45 bits per heavy atom. The second kappa shape index (κ2) is 15.9. The molecule has 3 atom stereocenters. The lowest BCUT2D eigenvalue weighted by Gasteiger charge is -2.44. The molecule has 0 amide bonds. The fourth-order valence-electron chi connectivity index (χ4n) is 6.37. The van der Waals surface area contributed by atoms with Gasteiger partial charge in [0.25, 0.3) is 0 Å². The molecule has 2 aromatic carbocycles. The van der Waals surface area contributed by atoms with Crippen molar-refractivity contribution >= 4 is 46.5 Å². The molecule has 0 spiro atoms. The minimum Gasteiger partial charge on any atom is -0.493 e. The zero-order valence-electron chi connectivity index (χ0n) is 27.0. The maximum Gasteiger partial charge on any atom is 0.339 e. The van der Waals surface area contributed by atoms with Crippen molar-refractivity contribution in [1.82, 2.24) is 15.2 Å². The second-order valence-corrected chi connectivity index (χ2v) is 13.9. The van der Waals surface area contributed by atoms with Gasteiger partial charge in [0.2, 0.25) is 0 Å². The number of thiophene rings is 1. The van der Waals surface area contributed by atoms with E-state index in [2.05, 4.69) is 15.2 Å². The fraction of sp³-hybridized carbons (Fsp3) is 0.361. The van der Waals surface area contributed by atoms with Crippen LogP contribution in [0.4, 0.5) is 4.39 Å². The van der Waals surface area contributed by atoms with Crippen LogP contribution in [0.1, 0.15) is 56.9 Å². The number of methoxy groups -OCH3 is 2. The number of hydrogen-bond donors (Lipinski definition) is 1. The molecular formula is C36H36Cl2FN3O6S. The van der Waals surface area contributed by atoms with Crippen molar-refractivity contribution in [2.75, 3.05) is 33.9 Å². The second-order valence-electron chi connectivity index (χ2n) is 12.0. The van der Waals surface area contributed by atoms with Crippen LogP contribution in [0.2, 0.25) is 10.0 Å². The van der Waals surface area contributed by atoms with Gasteiger partial charge >= 0.3 is 11.9 Å². The molecule has 1 N–H and O–H groups in total. The molecule has 7 rings (SSSR count). The van der Waals surface area contributed by atoms with E-state index in [9.17, 15) is 14.0 Å². The zero-order chi connectivity index (χ0) is 34.5. The Balaban J connectivity index is 1.18. The van der Waals surface area contributed by atoms with Gasteiger partial charge in [0.05, 0.1) is 29.8 Å². The Hall–Kier alpha value is -3.74. The molecule has 9 nitrogen and oxygen atoms in total. The van der Waals surface area contributed by atoms with Crippen LogP contribution in [0.5, 0.6) is 11.5 Å². The number of pyridine rings is 1. The predicted molar refractivity (Wildman–Crippen MR) is 185 cm³/mol. The molecular weight excluding hydrogens is 692 g/mol. The zero-order valence-corrected chi connectivity index (χ0v) is 29.3. The number of aromatic nitrogens is 1. The van der Waals surface area contributed by atoms with Gasteiger partial charge < -0.3 is 18.9 Å². The number of rotatable bonds is 13. The summed E-state index contributed by atoms with van der Waals surface area (Å²) in [6, 6.07) is 12.1. The number of halogens is 3. The molecule has 3 fully saturated rings. The summed E-state index contributed by atoms with van der Waals surface area (Å²) in [4.78, 5) is 34.2. The molecule has 2 aromatic heterocycles. The van der Waals surface area contributed by atoms with Crippen LogP contribution >= 0.6 is 34.5 Å². The summed E-state index contributed by atoms with van der Waals surface area (Å²) in [6.45, 7) is 2.91. The third kappa shape index (κ3) is 8.19. The highest BCUT2D eigenvalue weighted by atomic mass is 35.5. The van der Waals surface area contributed by atoms with Crippen molar-refractivity contribution in [2.45, 2.75) is 44.1 Å². The van der Waals surface area contributed by atoms with Crippen LogP contribution in [0.25, 0.3) is 0 Å². The lowest BCUT2D eigenvalue weighted by Crippen LogP contribution is -2.52. The van der Waals surface area contributed by atoms with Gasteiger partial charge in [-0.25, -0.2) is 14.0 Å². The van der Waals surface area contributed by atoms with Gasteiger partial charge in [0, 0.05) is 47.7 Å². The number of ether oxygens (including phenoxy) is 4. The molecule has 3 aliphatic heterocycles. The Morgan fingerprint density at radius 2 is 1.78 bits per heavy atom. The summed E-state index contributed by atoms with van der Waals surface area (Å²) in [5, 5.41) is 5.55. The van der Waals surface area contributed by atoms with Gasteiger partial charge in [0.15, 0.2) is 11.5 Å². The smallest absolute Gasteiger partial charge is 0.339 e. The van der Waals surface area contributed by atoms with E-state index in [4.69, 9.17) is 42.1 Å². The number of nitrogens with zero attached hydrogens (tertiary/aromatic N) is 2. The van der Waals surface area contributed by atoms with E-state index in [0.29, 0.717) is 50.7 Å². The average Bonchev–Trinajstić information content (AvgIpc) is 3.59. The van der Waals surface area contributed by atoms with Crippen LogP contribution in [-0.2, 0) is 27.2 Å². The van der Waals surface area contributed by atoms with Gasteiger partial charge in [-0.05, 0) is 67.2 Å². The molecule has 2 bridgehead atoms. The number of fused-ring (bicyclic) bond motifs is 3. The van der Waals surface area contributed by atoms with E-state index in [1.807, 2.05) is 0 Å². The first-order valence-corrected chi connectivity index (χ1v) is 17.6. The molecule has 1 unspecified atom stereocenters. The number of benzene rings is 2. The van der Waals surface area contributed by atoms with Crippen molar-refractivity contribution in [3.8, 4) is 11.5 Å². The lowest BCUT2D eigenvalue weighted by molar-refractivity contribution is -0.161. The number of hydrogen-bond acceptors (Lipinski definition) is 10. The number of nitrogens with one attached hydrogen (secondary N) is 1. The van der Waals surface area contributed by atoms with Crippen LogP contribution in [0.3, 0.4) is 0 Å². The van der Waals surface area contributed by atoms with E-state index in [0.717, 1.165) is 30.8 Å². The monoisotopic (exact) mass is 727 g/mol. The Morgan fingerprint density at radius 1 is 1.04 bits per heavy atom. The summed E-state index contributed by atoms with van der Waals surface area (Å²) >= 11 is 14.2. The minimum absolute atomic E-state index is 0.173. The Kier molecular flexibility index (Phi) is 11.4. The third-order valence-corrected chi connectivity index (χ3v) is 10.6. The topological polar surface area (TPSA) is 99.2 Å². The molecule has 5 heterocycles. The largest absolute Gasteiger partial charge is 0.493 e. The normalized spacial score (nSPS) is 19.6. The first-order valence-electron chi connectivity index (χ1n) is 15.9. The number of esters is 2. The first-order chi connectivity index (χ1) is 23.7. The van der Waals surface area contributed by atoms with E-state index >= 15 is 0 Å². The molecule has 0 saturated carbocycles. The summed E-state index contributed by atoms with van der Waals surface area (Å²) in [5.74, 6) is -0.297. The highest BCUT2D eigenvalue weighted by Crippen LogP contribution is 2.36. The van der Waals surface area contributed by atoms with Crippen LogP contribution in [-0.4, -0.2) is 61.8 Å². The van der Waals surface area contributed by atoms with Gasteiger partial charge in [-0.15, -0.1) is 11.3 Å². The molecule has 3 saturated heterocycles. The number of piperidine rings is 3. The van der Waals surface area contributed by atoms with E-state index in [1.165, 1.54) is 44.0 Å². The molecule has 13 heteroatoms. The lowest BCUT2D eigenvalue weighted by atomic mass is 9.86. The van der Waals surface area contributed by atoms with Crippen molar-refractivity contribution in [2.24, 2.45) is 5.92 Å². The highest BCUT2D eigenvalue weighted by molar-refractivity contribution is 7.10. The molecule has 0 aliphatic carbocycles. The summed E-state index contributed by atoms with van der Waals surface area (Å²) in [6.07, 6.45) is 4.10. The van der Waals surface area contributed by atoms with Crippen molar-refractivity contribution < 1.29 is 32.9 Å². The van der Waals surface area contributed by atoms with E-state index < -0.39 is 29.9 Å². The van der Waals surface area contributed by atoms with Gasteiger partial charge in [-0.1, -0.05) is 47.5 Å². The van der Waals surface area contributed by atoms with Crippen LogP contribution in [0.15, 0.2) is 66.3 Å². The molecule has 3 aliphatic rings. The molecule has 0 radical (unpaired) electrons. The summed E-state index contributed by atoms with van der Waals surface area (Å²) in [7, 11) is 3.06. The average molecular weight is 729 g/mol. The van der Waals surface area contributed by atoms with Gasteiger partial charge in [-0.3, -0.25) is 15.2 Å². The Bertz CT molecular complexity index is 1780. The first kappa shape index (κ1) is 35.1. The Labute approximate surface area is 298 Å². The maximum atomic E-state index is 15.0. The highest BCUT2D eigenvalue weighted by Gasteiger charge is 2.38. The quantitative estimate of drug-likeness (QED) is 0.143. The summed E-state index contributed by atoms with van der Waals surface area (Å²) in [5.41, 5.74) is 1.74. The maximum absolute atomic E-state index is 15.0. The van der Waals surface area contributed by atoms with Gasteiger partial charge in [0.1, 0.15) is 24.1 Å². The molecule has 4 aromatic rings. The van der Waals surface area contributed by atoms with Crippen LogP contribution < -0.4 is 14.8 Å². The van der Waals surface area contributed by atoms with E-state index in [1.54, 1.807) is 47.8 Å². The fourth-order valence-corrected chi connectivity index (χ4v) is 7.69. The van der Waals surface area contributed by atoms with Crippen molar-refractivity contribution in [3.05, 3.63) is 109 Å². The molecule has 49 heavy (non-hydrogen) atoms. The predicted octanol–water partition coefficient (Wildman–Crippen LogP) is 7.22. The van der Waals surface area contributed by atoms with Crippen molar-refractivity contribution in [1.29, 1.82) is 0 Å². The minimum atomic E-state index is -1.03. The standard InChI is InChI=1S/C36H36Cl2FN3O6S/c1-45-30-8-7-22(14-32(30)46-2)31(15-26-27(37)17-40-18-28(26)38)47-35(43)23-13-24(49-20-23)16-41-34(25-5-3-4-6-29(25)39)36(44)48-33-19-42-11-9-21(33)10-12-42/h3-8,13-14,17-18,20-21,31,33-34,41H,9-12,15-16,19H2,1-2H3/t31-,33-,34?/m0/s1. The summed E-state index contributed by atoms with van der Waals surface area (Å²) < 4.78 is 37.9. The third-order valence-electron chi connectivity index (χ3n) is 9.06. The number of carbonyl (C=O) groups is 2. The number of carbonyl (C=O) groups excluding carboxylic acids is 2. The SMILES string of the molecule is COc1ccc([C@H](Cc2c(Cl)cncc2Cl)OC(=O)c2csc(CNC(C(=O)O[C@H]3CN4CCC3CC4)c3ccccc3F)c2)cc1OC. The molecule has 258 valence electrons. The van der Waals surface area contributed by atoms with Crippen molar-refractivity contribution in [3.63, 3.8) is 0 Å².